The third-order valence-electron chi connectivity index (χ3n) is 4.20. The highest BCUT2D eigenvalue weighted by atomic mass is 32.2. The van der Waals surface area contributed by atoms with Gasteiger partial charge in [0.05, 0.1) is 30.0 Å². The molecule has 1 unspecified atom stereocenters. The maximum absolute atomic E-state index is 11.9. The molecule has 2 aromatic heterocycles. The number of aromatic nitrogens is 2. The van der Waals surface area contributed by atoms with E-state index in [-0.39, 0.29) is 5.04 Å². The molecule has 0 radical (unpaired) electrons. The van der Waals surface area contributed by atoms with Gasteiger partial charge in [0, 0.05) is 18.7 Å². The zero-order valence-corrected chi connectivity index (χ0v) is 19.9. The summed E-state index contributed by atoms with van der Waals surface area (Å²) in [4.78, 5) is 8.82. The molecule has 0 bridgehead atoms. The Morgan fingerprint density at radius 3 is 2.39 bits per heavy atom. The van der Waals surface area contributed by atoms with Crippen molar-refractivity contribution < 1.29 is 21.8 Å². The van der Waals surface area contributed by atoms with Gasteiger partial charge in [-0.3, -0.25) is 9.17 Å². The van der Waals surface area contributed by atoms with E-state index in [1.807, 2.05) is 26.0 Å². The highest BCUT2D eigenvalue weighted by Crippen LogP contribution is 2.29. The van der Waals surface area contributed by atoms with Gasteiger partial charge in [-0.25, -0.2) is 4.98 Å². The first-order valence-corrected chi connectivity index (χ1v) is 12.2. The Bertz CT molecular complexity index is 926. The molecule has 156 valence electrons. The van der Waals surface area contributed by atoms with Gasteiger partial charge in [0.2, 0.25) is 5.88 Å². The number of methoxy groups -OCH3 is 1. The molecule has 9 heteroatoms. The first-order valence-electron chi connectivity index (χ1n) is 9.11. The molecule has 0 aliphatic heterocycles. The van der Waals surface area contributed by atoms with Crippen LogP contribution in [0.25, 0.3) is 11.0 Å². The Morgan fingerprint density at radius 1 is 1.14 bits per heavy atom. The van der Waals surface area contributed by atoms with E-state index >= 15 is 0 Å². The number of hydrogen-bond acceptors (Lipinski definition) is 7. The van der Waals surface area contributed by atoms with E-state index < -0.39 is 31.6 Å². The molecule has 0 spiro atoms. The van der Waals surface area contributed by atoms with Crippen molar-refractivity contribution in [1.29, 1.82) is 0 Å². The molecule has 0 saturated carbocycles. The molecule has 0 fully saturated rings. The minimum atomic E-state index is -3.67. The summed E-state index contributed by atoms with van der Waals surface area (Å²) < 4.78 is 40.8. The molecule has 0 aromatic carbocycles. The fourth-order valence-electron chi connectivity index (χ4n) is 2.64. The summed E-state index contributed by atoms with van der Waals surface area (Å²) in [5, 5.41) is 0.0746. The lowest BCUT2D eigenvalue weighted by Crippen LogP contribution is -2.45. The predicted octanol–water partition coefficient (Wildman–Crippen LogP) is 2.62. The van der Waals surface area contributed by atoms with Crippen LogP contribution in [0.1, 0.15) is 40.2 Å². The molecule has 7 nitrogen and oxygen atoms in total. The summed E-state index contributed by atoms with van der Waals surface area (Å²) in [5.41, 5.74) is 1.41. The second-order valence-corrected chi connectivity index (χ2v) is 12.9. The van der Waals surface area contributed by atoms with Crippen LogP contribution >= 0.6 is 0 Å². The van der Waals surface area contributed by atoms with Crippen molar-refractivity contribution in [2.75, 3.05) is 13.4 Å². The second kappa shape index (κ2) is 8.44. The summed E-state index contributed by atoms with van der Waals surface area (Å²) >= 11 is 0. The zero-order chi connectivity index (χ0) is 21.2. The summed E-state index contributed by atoms with van der Waals surface area (Å²) in [5.74, 6) is 0.470. The summed E-state index contributed by atoms with van der Waals surface area (Å²) in [6.45, 7) is 10.1. The van der Waals surface area contributed by atoms with Crippen LogP contribution in [0.15, 0.2) is 24.4 Å². The van der Waals surface area contributed by atoms with Gasteiger partial charge in [-0.15, -0.1) is 0 Å². The number of nitrogens with zero attached hydrogens (tertiary/aromatic N) is 2. The van der Waals surface area contributed by atoms with Gasteiger partial charge in [0.25, 0.3) is 10.1 Å². The SMILES string of the molecule is COc1ccc2nccc(CC(OS(C)(=O)=O)C(C)(C)O[SiH2]C(C)(C)C)c2n1. The first-order chi connectivity index (χ1) is 12.8. The Hall–Kier alpha value is -1.55. The fraction of sp³-hybridized carbons (Fsp3) is 0.579. The molecule has 2 heterocycles. The van der Waals surface area contributed by atoms with Crippen LogP contribution < -0.4 is 4.74 Å². The van der Waals surface area contributed by atoms with Gasteiger partial charge < -0.3 is 9.16 Å². The third-order valence-corrected chi connectivity index (χ3v) is 6.54. The maximum atomic E-state index is 11.9. The normalized spacial score (nSPS) is 14.7. The van der Waals surface area contributed by atoms with Crippen LogP contribution in [0, 0.1) is 0 Å². The van der Waals surface area contributed by atoms with E-state index in [2.05, 4.69) is 30.7 Å². The van der Waals surface area contributed by atoms with Gasteiger partial charge in [0.1, 0.15) is 6.10 Å². The molecule has 0 saturated heterocycles. The highest BCUT2D eigenvalue weighted by molar-refractivity contribution is 7.86. The van der Waals surface area contributed by atoms with Crippen LogP contribution in [0.4, 0.5) is 0 Å². The molecule has 2 rings (SSSR count). The monoisotopic (exact) mass is 426 g/mol. The van der Waals surface area contributed by atoms with Crippen molar-refractivity contribution in [1.82, 2.24) is 9.97 Å². The molecule has 28 heavy (non-hydrogen) atoms. The van der Waals surface area contributed by atoms with Crippen molar-refractivity contribution >= 4 is 30.9 Å². The van der Waals surface area contributed by atoms with Crippen molar-refractivity contribution in [2.24, 2.45) is 0 Å². The Morgan fingerprint density at radius 2 is 1.82 bits per heavy atom. The fourth-order valence-corrected chi connectivity index (χ4v) is 4.35. The Labute approximate surface area is 169 Å². The minimum Gasteiger partial charge on any atom is -0.481 e. The van der Waals surface area contributed by atoms with Crippen molar-refractivity contribution in [3.63, 3.8) is 0 Å². The molecule has 1 atom stereocenters. The largest absolute Gasteiger partial charge is 0.481 e. The lowest BCUT2D eigenvalue weighted by Gasteiger charge is -2.36. The molecule has 0 aliphatic carbocycles. The quantitative estimate of drug-likeness (QED) is 0.473. The first kappa shape index (κ1) is 22.7. The van der Waals surface area contributed by atoms with Gasteiger partial charge >= 0.3 is 0 Å². The van der Waals surface area contributed by atoms with E-state index in [1.165, 1.54) is 0 Å². The van der Waals surface area contributed by atoms with Gasteiger partial charge in [-0.05, 0) is 36.6 Å². The topological polar surface area (TPSA) is 87.6 Å². The number of fused-ring (bicyclic) bond motifs is 1. The Kier molecular flexibility index (Phi) is 6.85. The summed E-state index contributed by atoms with van der Waals surface area (Å²) in [7, 11) is -3.04. The standard InChI is InChI=1S/C19H30N2O5SSi/c1-18(2,3)28-26-19(4,5)15(25-27(7,22)23)12-13-10-11-20-14-8-9-16(24-6)21-17(13)14/h8-11,15H,12,28H2,1-7H3. The highest BCUT2D eigenvalue weighted by Gasteiger charge is 2.35. The van der Waals surface area contributed by atoms with Crippen LogP contribution in [0.5, 0.6) is 5.88 Å². The summed E-state index contributed by atoms with van der Waals surface area (Å²) in [6.07, 6.45) is 2.36. The molecule has 0 N–H and O–H groups in total. The maximum Gasteiger partial charge on any atom is 0.264 e. The third kappa shape index (κ3) is 6.51. The minimum absolute atomic E-state index is 0.0746. The van der Waals surface area contributed by atoms with Gasteiger partial charge in [-0.2, -0.15) is 8.42 Å². The smallest absolute Gasteiger partial charge is 0.264 e. The van der Waals surface area contributed by atoms with E-state index in [1.54, 1.807) is 19.4 Å². The van der Waals surface area contributed by atoms with E-state index in [0.717, 1.165) is 11.8 Å². The molecular weight excluding hydrogens is 396 g/mol. The lowest BCUT2D eigenvalue weighted by atomic mass is 9.95. The number of hydrogen-bond donors (Lipinski definition) is 0. The summed E-state index contributed by atoms with van der Waals surface area (Å²) in [6, 6.07) is 5.39. The molecule has 0 aliphatic rings. The van der Waals surface area contributed by atoms with Crippen LogP contribution in [0.3, 0.4) is 0 Å². The van der Waals surface area contributed by atoms with Gasteiger partial charge in [0.15, 0.2) is 9.76 Å². The predicted molar refractivity (Wildman–Crippen MR) is 113 cm³/mol. The Balaban J connectivity index is 2.41. The van der Waals surface area contributed by atoms with Crippen molar-refractivity contribution in [2.45, 2.75) is 57.8 Å². The second-order valence-electron chi connectivity index (χ2n) is 8.64. The van der Waals surface area contributed by atoms with E-state index in [4.69, 9.17) is 13.3 Å². The molecule has 2 aromatic rings. The average molecular weight is 427 g/mol. The number of ether oxygens (including phenoxy) is 1. The van der Waals surface area contributed by atoms with Crippen molar-refractivity contribution in [3.8, 4) is 5.88 Å². The average Bonchev–Trinajstić information content (AvgIpc) is 2.57. The van der Waals surface area contributed by atoms with Crippen LogP contribution in [0.2, 0.25) is 5.04 Å². The number of rotatable bonds is 8. The van der Waals surface area contributed by atoms with Crippen molar-refractivity contribution in [3.05, 3.63) is 30.0 Å². The zero-order valence-electron chi connectivity index (χ0n) is 17.6. The van der Waals surface area contributed by atoms with Crippen LogP contribution in [-0.4, -0.2) is 53.2 Å². The van der Waals surface area contributed by atoms with Crippen LogP contribution in [-0.2, 0) is 25.1 Å². The number of pyridine rings is 2. The van der Waals surface area contributed by atoms with E-state index in [9.17, 15) is 8.42 Å². The molecule has 0 amide bonds. The van der Waals surface area contributed by atoms with E-state index in [0.29, 0.717) is 23.3 Å². The molecular formula is C19H30N2O5SSi. The van der Waals surface area contributed by atoms with Gasteiger partial charge in [-0.1, -0.05) is 20.8 Å². The lowest BCUT2D eigenvalue weighted by molar-refractivity contribution is -0.00976.